The van der Waals surface area contributed by atoms with E-state index in [2.05, 4.69) is 0 Å². The molecule has 114 valence electrons. The second-order valence-corrected chi connectivity index (χ2v) is 5.33. The lowest BCUT2D eigenvalue weighted by atomic mass is 9.94. The molecule has 2 aromatic rings. The molecule has 0 aliphatic carbocycles. The lowest BCUT2D eigenvalue weighted by molar-refractivity contribution is 0.0478. The number of rotatable bonds is 5. The number of halogens is 1. The summed E-state index contributed by atoms with van der Waals surface area (Å²) in [4.78, 5) is 26.3. The van der Waals surface area contributed by atoms with Crippen molar-refractivity contribution in [3.05, 3.63) is 46.5 Å². The van der Waals surface area contributed by atoms with E-state index in [0.29, 0.717) is 26.9 Å². The quantitative estimate of drug-likeness (QED) is 0.677. The number of hydrogen-bond acceptors (Lipinski definition) is 4. The Hall–Kier alpha value is -1.95. The van der Waals surface area contributed by atoms with Crippen molar-refractivity contribution in [1.29, 1.82) is 0 Å². The first-order valence-electron chi connectivity index (χ1n) is 6.91. The Kier molecular flexibility index (Phi) is 4.11. The minimum absolute atomic E-state index is 0.0947. The van der Waals surface area contributed by atoms with Crippen LogP contribution in [0.1, 0.15) is 20.7 Å². The lowest BCUT2D eigenvalue weighted by Crippen LogP contribution is -2.42. The fourth-order valence-corrected chi connectivity index (χ4v) is 2.86. The average Bonchev–Trinajstić information content (AvgIpc) is 2.53. The van der Waals surface area contributed by atoms with Gasteiger partial charge in [0.05, 0.1) is 26.4 Å². The SMILES string of the molecule is O=C1c2cccc3c(Cl)ccc(c23)C(=O)N1CCOCCO. The highest BCUT2D eigenvalue weighted by Crippen LogP contribution is 2.33. The van der Waals surface area contributed by atoms with E-state index in [1.807, 2.05) is 0 Å². The highest BCUT2D eigenvalue weighted by molar-refractivity contribution is 6.38. The molecule has 0 fully saturated rings. The normalized spacial score (nSPS) is 14.0. The molecule has 22 heavy (non-hydrogen) atoms. The topological polar surface area (TPSA) is 66.8 Å². The van der Waals surface area contributed by atoms with Crippen LogP contribution in [-0.4, -0.2) is 48.2 Å². The van der Waals surface area contributed by atoms with Crippen molar-refractivity contribution in [1.82, 2.24) is 4.90 Å². The number of hydrogen-bond donors (Lipinski definition) is 1. The Labute approximate surface area is 132 Å². The van der Waals surface area contributed by atoms with Gasteiger partial charge in [0.1, 0.15) is 0 Å². The Morgan fingerprint density at radius 3 is 2.50 bits per heavy atom. The first-order chi connectivity index (χ1) is 10.6. The van der Waals surface area contributed by atoms with Gasteiger partial charge < -0.3 is 9.84 Å². The summed E-state index contributed by atoms with van der Waals surface area (Å²) >= 11 is 6.15. The molecule has 1 heterocycles. The third kappa shape index (κ3) is 2.37. The van der Waals surface area contributed by atoms with Crippen LogP contribution in [0.5, 0.6) is 0 Å². The predicted molar refractivity (Wildman–Crippen MR) is 82.2 cm³/mol. The van der Waals surface area contributed by atoms with Crippen molar-refractivity contribution in [3.8, 4) is 0 Å². The van der Waals surface area contributed by atoms with Crippen LogP contribution in [0.25, 0.3) is 10.8 Å². The van der Waals surface area contributed by atoms with Crippen molar-refractivity contribution in [2.45, 2.75) is 0 Å². The maximum atomic E-state index is 12.5. The van der Waals surface area contributed by atoms with Gasteiger partial charge in [-0.15, -0.1) is 0 Å². The molecule has 0 atom stereocenters. The summed E-state index contributed by atoms with van der Waals surface area (Å²) in [5.41, 5.74) is 0.938. The Morgan fingerprint density at radius 1 is 1.05 bits per heavy atom. The molecule has 3 rings (SSSR count). The first kappa shape index (κ1) is 15.0. The van der Waals surface area contributed by atoms with Gasteiger partial charge in [0.25, 0.3) is 11.8 Å². The molecule has 6 heteroatoms. The van der Waals surface area contributed by atoms with E-state index in [-0.39, 0.29) is 38.2 Å². The minimum Gasteiger partial charge on any atom is -0.394 e. The van der Waals surface area contributed by atoms with E-state index in [1.54, 1.807) is 30.3 Å². The van der Waals surface area contributed by atoms with Crippen LogP contribution in [0.2, 0.25) is 5.02 Å². The first-order valence-corrected chi connectivity index (χ1v) is 7.29. The smallest absolute Gasteiger partial charge is 0.261 e. The van der Waals surface area contributed by atoms with Gasteiger partial charge in [-0.05, 0) is 18.2 Å². The van der Waals surface area contributed by atoms with Crippen LogP contribution in [0.3, 0.4) is 0 Å². The Morgan fingerprint density at radius 2 is 1.77 bits per heavy atom. The van der Waals surface area contributed by atoms with Crippen molar-refractivity contribution in [2.75, 3.05) is 26.4 Å². The second kappa shape index (κ2) is 6.04. The predicted octanol–water partition coefficient (Wildman–Crippen LogP) is 2.10. The number of ether oxygens (including phenoxy) is 1. The molecular weight excluding hydrogens is 306 g/mol. The van der Waals surface area contributed by atoms with Gasteiger partial charge in [0.15, 0.2) is 0 Å². The standard InChI is InChI=1S/C16H14ClNO4/c17-13-5-4-12-14-10(13)2-1-3-11(14)15(20)18(16(12)21)6-8-22-9-7-19/h1-5,19H,6-9H2. The number of aliphatic hydroxyl groups excluding tert-OH is 1. The number of carbonyl (C=O) groups excluding carboxylic acids is 2. The van der Waals surface area contributed by atoms with Gasteiger partial charge in [-0.1, -0.05) is 23.7 Å². The highest BCUT2D eigenvalue weighted by atomic mass is 35.5. The van der Waals surface area contributed by atoms with Crippen LogP contribution in [0, 0.1) is 0 Å². The zero-order valence-corrected chi connectivity index (χ0v) is 12.5. The summed E-state index contributed by atoms with van der Waals surface area (Å²) in [5.74, 6) is -0.698. The van der Waals surface area contributed by atoms with Gasteiger partial charge in [0.2, 0.25) is 0 Å². The molecule has 0 spiro atoms. The number of aliphatic hydroxyl groups is 1. The van der Waals surface area contributed by atoms with E-state index in [4.69, 9.17) is 21.4 Å². The van der Waals surface area contributed by atoms with Gasteiger partial charge in [0, 0.05) is 26.9 Å². The van der Waals surface area contributed by atoms with E-state index >= 15 is 0 Å². The molecule has 1 N–H and O–H groups in total. The molecular formula is C16H14ClNO4. The zero-order valence-electron chi connectivity index (χ0n) is 11.7. The maximum absolute atomic E-state index is 12.5. The van der Waals surface area contributed by atoms with Crippen LogP contribution in [-0.2, 0) is 4.74 Å². The average molecular weight is 320 g/mol. The minimum atomic E-state index is -0.349. The largest absolute Gasteiger partial charge is 0.394 e. The molecule has 0 saturated heterocycles. The second-order valence-electron chi connectivity index (χ2n) is 4.92. The summed E-state index contributed by atoms with van der Waals surface area (Å²) in [6.45, 7) is 0.424. The molecule has 2 amide bonds. The maximum Gasteiger partial charge on any atom is 0.261 e. The monoisotopic (exact) mass is 319 g/mol. The molecule has 0 saturated carbocycles. The third-order valence-electron chi connectivity index (χ3n) is 3.63. The van der Waals surface area contributed by atoms with Crippen molar-refractivity contribution < 1.29 is 19.4 Å². The summed E-state index contributed by atoms with van der Waals surface area (Å²) in [6, 6.07) is 8.55. The number of benzene rings is 2. The van der Waals surface area contributed by atoms with Crippen LogP contribution < -0.4 is 0 Å². The molecule has 0 bridgehead atoms. The van der Waals surface area contributed by atoms with Crippen LogP contribution in [0.4, 0.5) is 0 Å². The third-order valence-corrected chi connectivity index (χ3v) is 3.96. The lowest BCUT2D eigenvalue weighted by Gasteiger charge is -2.27. The van der Waals surface area contributed by atoms with E-state index < -0.39 is 0 Å². The summed E-state index contributed by atoms with van der Waals surface area (Å²) in [7, 11) is 0. The fourth-order valence-electron chi connectivity index (χ4n) is 2.64. The van der Waals surface area contributed by atoms with Crippen LogP contribution in [0.15, 0.2) is 30.3 Å². The fraction of sp³-hybridized carbons (Fsp3) is 0.250. The molecule has 0 unspecified atom stereocenters. The van der Waals surface area contributed by atoms with Gasteiger partial charge in [-0.3, -0.25) is 14.5 Å². The molecule has 2 aromatic carbocycles. The Balaban J connectivity index is 2.00. The summed E-state index contributed by atoms with van der Waals surface area (Å²) in [5, 5.41) is 10.5. The molecule has 1 aliphatic rings. The van der Waals surface area contributed by atoms with Crippen LogP contribution >= 0.6 is 11.6 Å². The van der Waals surface area contributed by atoms with Crippen molar-refractivity contribution >= 4 is 34.2 Å². The van der Waals surface area contributed by atoms with Gasteiger partial charge >= 0.3 is 0 Å². The Bertz CT molecular complexity index is 737. The molecule has 1 aliphatic heterocycles. The van der Waals surface area contributed by atoms with Crippen molar-refractivity contribution in [3.63, 3.8) is 0 Å². The van der Waals surface area contributed by atoms with Crippen molar-refractivity contribution in [2.24, 2.45) is 0 Å². The number of nitrogens with zero attached hydrogens (tertiary/aromatic N) is 1. The highest BCUT2D eigenvalue weighted by Gasteiger charge is 2.32. The van der Waals surface area contributed by atoms with Gasteiger partial charge in [-0.25, -0.2) is 0 Å². The van der Waals surface area contributed by atoms with Gasteiger partial charge in [-0.2, -0.15) is 0 Å². The van der Waals surface area contributed by atoms with E-state index in [0.717, 1.165) is 0 Å². The summed E-state index contributed by atoms with van der Waals surface area (Å²) in [6.07, 6.45) is 0. The number of amides is 2. The molecule has 5 nitrogen and oxygen atoms in total. The summed E-state index contributed by atoms with van der Waals surface area (Å²) < 4.78 is 5.15. The molecule has 0 radical (unpaired) electrons. The van der Waals surface area contributed by atoms with E-state index in [1.165, 1.54) is 4.90 Å². The number of carbonyl (C=O) groups is 2. The number of imide groups is 1. The van der Waals surface area contributed by atoms with E-state index in [9.17, 15) is 9.59 Å². The zero-order chi connectivity index (χ0) is 15.7. The molecule has 0 aromatic heterocycles.